The Hall–Kier alpha value is -1.37. The molecule has 0 spiro atoms. The number of nitrogens with zero attached hydrogens (tertiary/aromatic N) is 4. The maximum Gasteiger partial charge on any atom is 0.185 e. The van der Waals surface area contributed by atoms with Gasteiger partial charge < -0.3 is 0 Å². The highest BCUT2D eigenvalue weighted by Crippen LogP contribution is 1.97. The Labute approximate surface area is 52.7 Å². The number of rotatable bonds is 0. The third kappa shape index (κ3) is 0.765. The van der Waals surface area contributed by atoms with Crippen molar-refractivity contribution in [3.63, 3.8) is 0 Å². The van der Waals surface area contributed by atoms with Crippen LogP contribution >= 0.6 is 0 Å². The van der Waals surface area contributed by atoms with E-state index in [0.29, 0.717) is 5.69 Å². The van der Waals surface area contributed by atoms with Crippen molar-refractivity contribution in [3.05, 3.63) is 11.4 Å². The van der Waals surface area contributed by atoms with Crippen molar-refractivity contribution in [3.8, 4) is 6.07 Å². The van der Waals surface area contributed by atoms with E-state index in [-0.39, 0.29) is 0 Å². The summed E-state index contributed by atoms with van der Waals surface area (Å²) in [4.78, 5) is 0. The van der Waals surface area contributed by atoms with Crippen molar-refractivity contribution >= 4 is 0 Å². The maximum absolute atomic E-state index is 8.37. The van der Waals surface area contributed by atoms with E-state index >= 15 is 0 Å². The van der Waals surface area contributed by atoms with E-state index in [9.17, 15) is 0 Å². The number of aryl methyl sites for hydroxylation is 1. The predicted octanol–water partition coefficient (Wildman–Crippen LogP) is -0.00480. The average molecular weight is 122 g/mol. The monoisotopic (exact) mass is 122 g/mol. The molecule has 4 nitrogen and oxygen atoms in total. The summed E-state index contributed by atoms with van der Waals surface area (Å²) in [5.41, 5.74) is 1.20. The van der Waals surface area contributed by atoms with Crippen molar-refractivity contribution in [1.82, 2.24) is 15.0 Å². The van der Waals surface area contributed by atoms with Crippen molar-refractivity contribution < 1.29 is 0 Å². The second-order valence-electron chi connectivity index (χ2n) is 1.76. The molecule has 1 aromatic rings. The van der Waals surface area contributed by atoms with Crippen LogP contribution in [0.5, 0.6) is 0 Å². The SMILES string of the molecule is Cc1c(C#N)nnn1C. The standard InChI is InChI=1S/C5H6N4/c1-4-5(3-6)7-8-9(4)2/h1-2H3. The van der Waals surface area contributed by atoms with Crippen LogP contribution in [0.15, 0.2) is 0 Å². The van der Waals surface area contributed by atoms with Gasteiger partial charge >= 0.3 is 0 Å². The fourth-order valence-electron chi connectivity index (χ4n) is 0.508. The summed E-state index contributed by atoms with van der Waals surface area (Å²) in [5, 5.41) is 15.6. The number of hydrogen-bond acceptors (Lipinski definition) is 3. The molecule has 0 fully saturated rings. The van der Waals surface area contributed by atoms with Gasteiger partial charge in [-0.15, -0.1) is 5.10 Å². The number of aromatic nitrogens is 3. The Balaban J connectivity index is 3.24. The highest BCUT2D eigenvalue weighted by molar-refractivity contribution is 5.22. The summed E-state index contributed by atoms with van der Waals surface area (Å²) in [6.45, 7) is 1.80. The molecule has 0 aliphatic heterocycles. The van der Waals surface area contributed by atoms with Crippen molar-refractivity contribution in [1.29, 1.82) is 5.26 Å². The molecule has 0 saturated carbocycles. The molecule has 1 rings (SSSR count). The largest absolute Gasteiger partial charge is 0.251 e. The van der Waals surface area contributed by atoms with Gasteiger partial charge in [0.1, 0.15) is 6.07 Å². The normalized spacial score (nSPS) is 9.00. The van der Waals surface area contributed by atoms with Gasteiger partial charge in [0.05, 0.1) is 5.69 Å². The molecule has 4 heteroatoms. The van der Waals surface area contributed by atoms with Crippen molar-refractivity contribution in [2.75, 3.05) is 0 Å². The molecule has 46 valence electrons. The van der Waals surface area contributed by atoms with E-state index in [4.69, 9.17) is 5.26 Å². The van der Waals surface area contributed by atoms with Gasteiger partial charge in [0.15, 0.2) is 5.69 Å². The van der Waals surface area contributed by atoms with E-state index < -0.39 is 0 Å². The van der Waals surface area contributed by atoms with Crippen LogP contribution in [-0.2, 0) is 7.05 Å². The molecule has 0 saturated heterocycles. The van der Waals surface area contributed by atoms with Gasteiger partial charge in [0.25, 0.3) is 0 Å². The smallest absolute Gasteiger partial charge is 0.185 e. The zero-order chi connectivity index (χ0) is 6.85. The minimum atomic E-state index is 0.400. The predicted molar refractivity (Wildman–Crippen MR) is 30.5 cm³/mol. The number of hydrogen-bond donors (Lipinski definition) is 0. The first-order valence-corrected chi connectivity index (χ1v) is 2.52. The molecule has 1 aromatic heterocycles. The third-order valence-corrected chi connectivity index (χ3v) is 1.21. The molecule has 0 bridgehead atoms. The Morgan fingerprint density at radius 2 is 2.33 bits per heavy atom. The van der Waals surface area contributed by atoms with Gasteiger partial charge in [-0.25, -0.2) is 0 Å². The summed E-state index contributed by atoms with van der Waals surface area (Å²) in [7, 11) is 1.75. The Morgan fingerprint density at radius 1 is 1.67 bits per heavy atom. The van der Waals surface area contributed by atoms with E-state index in [1.54, 1.807) is 18.7 Å². The molecule has 0 aliphatic rings. The summed E-state index contributed by atoms with van der Waals surface area (Å²) < 4.78 is 1.57. The van der Waals surface area contributed by atoms with Crippen LogP contribution in [0, 0.1) is 18.3 Å². The van der Waals surface area contributed by atoms with Crippen LogP contribution < -0.4 is 0 Å². The lowest BCUT2D eigenvalue weighted by atomic mass is 10.4. The molecular formula is C5H6N4. The molecule has 9 heavy (non-hydrogen) atoms. The second kappa shape index (κ2) is 1.86. The lowest BCUT2D eigenvalue weighted by molar-refractivity contribution is 0.696. The van der Waals surface area contributed by atoms with E-state index in [0.717, 1.165) is 5.69 Å². The van der Waals surface area contributed by atoms with Crippen LogP contribution in [0.1, 0.15) is 11.4 Å². The average Bonchev–Trinajstić information content (AvgIpc) is 2.15. The zero-order valence-corrected chi connectivity index (χ0v) is 5.29. The van der Waals surface area contributed by atoms with E-state index in [2.05, 4.69) is 10.3 Å². The fourth-order valence-corrected chi connectivity index (χ4v) is 0.508. The molecule has 0 atom stereocenters. The summed E-state index contributed by atoms with van der Waals surface area (Å²) in [6.07, 6.45) is 0. The Morgan fingerprint density at radius 3 is 2.56 bits per heavy atom. The summed E-state index contributed by atoms with van der Waals surface area (Å²) >= 11 is 0. The summed E-state index contributed by atoms with van der Waals surface area (Å²) in [6, 6.07) is 1.92. The molecule has 0 N–H and O–H groups in total. The molecule has 0 aromatic carbocycles. The molecule has 0 amide bonds. The van der Waals surface area contributed by atoms with E-state index in [1.807, 2.05) is 6.07 Å². The first kappa shape index (κ1) is 5.76. The van der Waals surface area contributed by atoms with E-state index in [1.165, 1.54) is 0 Å². The van der Waals surface area contributed by atoms with Crippen LogP contribution in [0.3, 0.4) is 0 Å². The maximum atomic E-state index is 8.37. The minimum absolute atomic E-state index is 0.400. The number of nitriles is 1. The molecule has 0 unspecified atom stereocenters. The van der Waals surface area contributed by atoms with Gasteiger partial charge in [0.2, 0.25) is 0 Å². The van der Waals surface area contributed by atoms with Gasteiger partial charge in [-0.3, -0.25) is 4.68 Å². The van der Waals surface area contributed by atoms with Crippen LogP contribution in [-0.4, -0.2) is 15.0 Å². The molecule has 0 aliphatic carbocycles. The highest BCUT2D eigenvalue weighted by Gasteiger charge is 2.01. The fraction of sp³-hybridized carbons (Fsp3) is 0.400. The van der Waals surface area contributed by atoms with Crippen molar-refractivity contribution in [2.45, 2.75) is 6.92 Å². The Kier molecular flexibility index (Phi) is 1.19. The highest BCUT2D eigenvalue weighted by atomic mass is 15.4. The van der Waals surface area contributed by atoms with Crippen LogP contribution in [0.4, 0.5) is 0 Å². The van der Waals surface area contributed by atoms with Gasteiger partial charge in [-0.2, -0.15) is 5.26 Å². The molecule has 0 radical (unpaired) electrons. The van der Waals surface area contributed by atoms with Gasteiger partial charge in [0, 0.05) is 7.05 Å². The lowest BCUT2D eigenvalue weighted by Gasteiger charge is -1.86. The zero-order valence-electron chi connectivity index (χ0n) is 5.29. The lowest BCUT2D eigenvalue weighted by Crippen LogP contribution is -1.92. The molecule has 1 heterocycles. The minimum Gasteiger partial charge on any atom is -0.251 e. The second-order valence-corrected chi connectivity index (χ2v) is 1.76. The Bertz CT molecular complexity index is 254. The van der Waals surface area contributed by atoms with Crippen LogP contribution in [0.25, 0.3) is 0 Å². The first-order valence-electron chi connectivity index (χ1n) is 2.52. The first-order chi connectivity index (χ1) is 4.25. The van der Waals surface area contributed by atoms with Crippen molar-refractivity contribution in [2.24, 2.45) is 7.05 Å². The molecular weight excluding hydrogens is 116 g/mol. The van der Waals surface area contributed by atoms with Gasteiger partial charge in [-0.1, -0.05) is 5.21 Å². The summed E-state index contributed by atoms with van der Waals surface area (Å²) in [5.74, 6) is 0. The van der Waals surface area contributed by atoms with Gasteiger partial charge in [-0.05, 0) is 6.92 Å². The topological polar surface area (TPSA) is 54.5 Å². The quantitative estimate of drug-likeness (QED) is 0.486. The van der Waals surface area contributed by atoms with Crippen LogP contribution in [0.2, 0.25) is 0 Å². The third-order valence-electron chi connectivity index (χ3n) is 1.21.